The van der Waals surface area contributed by atoms with Crippen molar-refractivity contribution in [1.82, 2.24) is 0 Å². The van der Waals surface area contributed by atoms with Gasteiger partial charge in [0, 0.05) is 12.7 Å². The van der Waals surface area contributed by atoms with Crippen molar-refractivity contribution in [3.05, 3.63) is 52.3 Å². The first-order valence-corrected chi connectivity index (χ1v) is 6.84. The van der Waals surface area contributed by atoms with Crippen LogP contribution in [0.2, 0.25) is 0 Å². The van der Waals surface area contributed by atoms with Crippen LogP contribution in [-0.2, 0) is 0 Å². The van der Waals surface area contributed by atoms with Gasteiger partial charge in [-0.1, -0.05) is 0 Å². The molecule has 0 aliphatic heterocycles. The van der Waals surface area contributed by atoms with Crippen LogP contribution in [0.15, 0.2) is 40.9 Å². The van der Waals surface area contributed by atoms with Crippen molar-refractivity contribution in [2.75, 3.05) is 19.1 Å². The van der Waals surface area contributed by atoms with Crippen LogP contribution in [-0.4, -0.2) is 25.2 Å². The molecule has 110 valence electrons. The Morgan fingerprint density at radius 3 is 2.38 bits per heavy atom. The average molecular weight is 354 g/mol. The van der Waals surface area contributed by atoms with Gasteiger partial charge in [-0.3, -0.25) is 0 Å². The van der Waals surface area contributed by atoms with Crippen molar-refractivity contribution >= 4 is 33.3 Å². The second-order valence-corrected chi connectivity index (χ2v) is 5.12. The Kier molecular flexibility index (Phi) is 4.47. The molecule has 2 rings (SSSR count). The molecule has 0 radical (unpaired) electrons. The summed E-state index contributed by atoms with van der Waals surface area (Å²) in [4.78, 5) is 12.6. The highest BCUT2D eigenvalue weighted by atomic mass is 79.9. The summed E-state index contributed by atoms with van der Waals surface area (Å²) in [5, 5.41) is 8.97. The van der Waals surface area contributed by atoms with Crippen molar-refractivity contribution in [1.29, 1.82) is 0 Å². The van der Waals surface area contributed by atoms with Crippen LogP contribution < -0.4 is 9.64 Å². The van der Waals surface area contributed by atoms with E-state index in [-0.39, 0.29) is 15.7 Å². The fraction of sp³-hybridized carbons (Fsp3) is 0.133. The smallest absolute Gasteiger partial charge is 0.336 e. The van der Waals surface area contributed by atoms with Gasteiger partial charge in [-0.2, -0.15) is 0 Å². The van der Waals surface area contributed by atoms with Crippen LogP contribution in [0.1, 0.15) is 10.4 Å². The largest absolute Gasteiger partial charge is 0.497 e. The third-order valence-electron chi connectivity index (χ3n) is 3.11. The molecular formula is C15H13BrFNO3. The fourth-order valence-corrected chi connectivity index (χ4v) is 2.41. The van der Waals surface area contributed by atoms with E-state index in [0.717, 1.165) is 5.69 Å². The van der Waals surface area contributed by atoms with E-state index in [4.69, 9.17) is 9.84 Å². The number of carboxylic acids is 1. The van der Waals surface area contributed by atoms with E-state index < -0.39 is 11.8 Å². The SMILES string of the molecule is COc1ccc(N(C)c2ccc(C(=O)O)c(Br)c2F)cc1. The molecule has 1 N–H and O–H groups in total. The fourth-order valence-electron chi connectivity index (χ4n) is 1.91. The predicted octanol–water partition coefficient (Wildman–Crippen LogP) is 4.06. The normalized spacial score (nSPS) is 10.3. The van der Waals surface area contributed by atoms with E-state index in [9.17, 15) is 9.18 Å². The summed E-state index contributed by atoms with van der Waals surface area (Å²) in [6.07, 6.45) is 0. The van der Waals surface area contributed by atoms with Crippen molar-refractivity contribution in [2.45, 2.75) is 0 Å². The Balaban J connectivity index is 2.41. The molecule has 0 aliphatic carbocycles. The van der Waals surface area contributed by atoms with E-state index in [2.05, 4.69) is 15.9 Å². The summed E-state index contributed by atoms with van der Waals surface area (Å²) in [5.74, 6) is -1.09. The number of nitrogens with zero attached hydrogens (tertiary/aromatic N) is 1. The zero-order valence-corrected chi connectivity index (χ0v) is 13.0. The van der Waals surface area contributed by atoms with Crippen molar-refractivity contribution < 1.29 is 19.0 Å². The number of aromatic carboxylic acids is 1. The molecule has 2 aromatic rings. The highest BCUT2D eigenvalue weighted by Crippen LogP contribution is 2.33. The standard InChI is InChI=1S/C15H13BrFNO3/c1-18(9-3-5-10(21-2)6-4-9)12-8-7-11(15(19)20)13(16)14(12)17/h3-8H,1-2H3,(H,19,20). The summed E-state index contributed by atoms with van der Waals surface area (Å²) < 4.78 is 19.3. The summed E-state index contributed by atoms with van der Waals surface area (Å²) in [6, 6.07) is 9.92. The molecule has 0 saturated carbocycles. The molecule has 0 spiro atoms. The lowest BCUT2D eigenvalue weighted by molar-refractivity contribution is 0.0695. The molecular weight excluding hydrogens is 341 g/mol. The molecule has 0 heterocycles. The van der Waals surface area contributed by atoms with Gasteiger partial charge in [-0.05, 0) is 52.3 Å². The number of carbonyl (C=O) groups is 1. The number of methoxy groups -OCH3 is 1. The van der Waals surface area contributed by atoms with Crippen LogP contribution >= 0.6 is 15.9 Å². The molecule has 0 bridgehead atoms. The quantitative estimate of drug-likeness (QED) is 0.900. The average Bonchev–Trinajstić information content (AvgIpc) is 2.49. The van der Waals surface area contributed by atoms with E-state index in [1.165, 1.54) is 12.1 Å². The van der Waals surface area contributed by atoms with Gasteiger partial charge in [0.05, 0.1) is 22.8 Å². The monoisotopic (exact) mass is 353 g/mol. The zero-order chi connectivity index (χ0) is 15.6. The number of anilines is 2. The molecule has 0 aromatic heterocycles. The third-order valence-corrected chi connectivity index (χ3v) is 3.89. The van der Waals surface area contributed by atoms with Gasteiger partial charge < -0.3 is 14.7 Å². The number of rotatable bonds is 4. The maximum Gasteiger partial charge on any atom is 0.336 e. The minimum absolute atomic E-state index is 0.0622. The minimum atomic E-state index is -1.18. The number of ether oxygens (including phenoxy) is 1. The van der Waals surface area contributed by atoms with Gasteiger partial charge in [0.15, 0.2) is 5.82 Å². The second-order valence-electron chi connectivity index (χ2n) is 4.32. The summed E-state index contributed by atoms with van der Waals surface area (Å²) in [7, 11) is 3.27. The van der Waals surface area contributed by atoms with Gasteiger partial charge >= 0.3 is 5.97 Å². The highest BCUT2D eigenvalue weighted by Gasteiger charge is 2.18. The molecule has 0 fully saturated rings. The number of benzene rings is 2. The second kappa shape index (κ2) is 6.13. The Hall–Kier alpha value is -2.08. The number of hydrogen-bond acceptors (Lipinski definition) is 3. The number of carboxylic acid groups (broad SMARTS) is 1. The first kappa shape index (κ1) is 15.3. The van der Waals surface area contributed by atoms with E-state index >= 15 is 0 Å². The van der Waals surface area contributed by atoms with Gasteiger partial charge in [0.2, 0.25) is 0 Å². The first-order valence-electron chi connectivity index (χ1n) is 6.04. The van der Waals surface area contributed by atoms with Gasteiger partial charge in [0.1, 0.15) is 5.75 Å². The number of hydrogen-bond donors (Lipinski definition) is 1. The van der Waals surface area contributed by atoms with E-state index in [0.29, 0.717) is 5.75 Å². The molecule has 0 atom stereocenters. The van der Waals surface area contributed by atoms with Gasteiger partial charge in [-0.15, -0.1) is 0 Å². The Bertz CT molecular complexity index is 673. The molecule has 6 heteroatoms. The van der Waals surface area contributed by atoms with E-state index in [1.807, 2.05) is 0 Å². The predicted molar refractivity (Wildman–Crippen MR) is 82.1 cm³/mol. The van der Waals surface area contributed by atoms with Crippen molar-refractivity contribution in [3.63, 3.8) is 0 Å². The summed E-state index contributed by atoms with van der Waals surface area (Å²) in [6.45, 7) is 0. The lowest BCUT2D eigenvalue weighted by atomic mass is 10.1. The molecule has 4 nitrogen and oxygen atoms in total. The molecule has 21 heavy (non-hydrogen) atoms. The summed E-state index contributed by atoms with van der Waals surface area (Å²) >= 11 is 2.99. The van der Waals surface area contributed by atoms with Crippen molar-refractivity contribution in [3.8, 4) is 5.75 Å². The highest BCUT2D eigenvalue weighted by molar-refractivity contribution is 9.10. The van der Waals surface area contributed by atoms with Gasteiger partial charge in [0.25, 0.3) is 0 Å². The summed E-state index contributed by atoms with van der Waals surface area (Å²) in [5.41, 5.74) is 0.918. The Morgan fingerprint density at radius 2 is 1.86 bits per heavy atom. The third kappa shape index (κ3) is 3.00. The Morgan fingerprint density at radius 1 is 1.24 bits per heavy atom. The minimum Gasteiger partial charge on any atom is -0.497 e. The lowest BCUT2D eigenvalue weighted by Gasteiger charge is -2.21. The first-order chi connectivity index (χ1) is 9.95. The van der Waals surface area contributed by atoms with Crippen LogP contribution in [0.4, 0.5) is 15.8 Å². The molecule has 0 amide bonds. The van der Waals surface area contributed by atoms with Crippen LogP contribution in [0.5, 0.6) is 5.75 Å². The Labute approximate surface area is 129 Å². The van der Waals surface area contributed by atoms with Crippen LogP contribution in [0.3, 0.4) is 0 Å². The maximum atomic E-state index is 14.3. The molecule has 0 aliphatic rings. The number of halogens is 2. The van der Waals surface area contributed by atoms with Crippen LogP contribution in [0, 0.1) is 5.82 Å². The topological polar surface area (TPSA) is 49.8 Å². The maximum absolute atomic E-state index is 14.3. The van der Waals surface area contributed by atoms with Gasteiger partial charge in [-0.25, -0.2) is 9.18 Å². The van der Waals surface area contributed by atoms with Crippen molar-refractivity contribution in [2.24, 2.45) is 0 Å². The lowest BCUT2D eigenvalue weighted by Crippen LogP contribution is -2.12. The zero-order valence-electron chi connectivity index (χ0n) is 11.4. The molecule has 0 saturated heterocycles. The molecule has 0 unspecified atom stereocenters. The molecule has 2 aromatic carbocycles. The van der Waals surface area contributed by atoms with Crippen LogP contribution in [0.25, 0.3) is 0 Å². The van der Waals surface area contributed by atoms with E-state index in [1.54, 1.807) is 43.3 Å².